The van der Waals surface area contributed by atoms with Crippen molar-refractivity contribution in [2.24, 2.45) is 11.4 Å². The fourth-order valence-corrected chi connectivity index (χ4v) is 2.86. The molecule has 7 heteroatoms. The molecule has 0 radical (unpaired) electrons. The van der Waals surface area contributed by atoms with E-state index in [2.05, 4.69) is 9.38 Å². The Morgan fingerprint density at radius 2 is 2.00 bits per heavy atom. The maximum atomic E-state index is 12.4. The summed E-state index contributed by atoms with van der Waals surface area (Å²) in [7, 11) is 1.58. The molecule has 0 aliphatic heterocycles. The van der Waals surface area contributed by atoms with Gasteiger partial charge in [-0.1, -0.05) is 4.40 Å². The summed E-state index contributed by atoms with van der Waals surface area (Å²) in [4.78, 5) is 16.7. The van der Waals surface area contributed by atoms with Crippen molar-refractivity contribution < 1.29 is 4.55 Å². The maximum Gasteiger partial charge on any atom is 0.262 e. The molecule has 0 aliphatic rings. The van der Waals surface area contributed by atoms with Crippen molar-refractivity contribution in [3.05, 3.63) is 38.9 Å². The number of benzene rings is 1. The van der Waals surface area contributed by atoms with E-state index in [4.69, 9.17) is 11.6 Å². The van der Waals surface area contributed by atoms with Crippen molar-refractivity contribution in [1.29, 1.82) is 0 Å². The second-order valence-electron chi connectivity index (χ2n) is 6.49. The molecule has 124 valence electrons. The normalized spacial score (nSPS) is 14.3. The molecule has 23 heavy (non-hydrogen) atoms. The molecule has 0 fully saturated rings. The van der Waals surface area contributed by atoms with Gasteiger partial charge in [-0.25, -0.2) is 4.98 Å². The number of hydrogen-bond donors (Lipinski definition) is 0. The van der Waals surface area contributed by atoms with E-state index in [9.17, 15) is 9.35 Å². The Hall–Kier alpha value is -1.37. The third-order valence-corrected chi connectivity index (χ3v) is 5.23. The maximum absolute atomic E-state index is 12.4. The Morgan fingerprint density at radius 1 is 1.39 bits per heavy atom. The summed E-state index contributed by atoms with van der Waals surface area (Å²) >= 11 is 4.65. The summed E-state index contributed by atoms with van der Waals surface area (Å²) in [5, 5.41) is 0.584. The first-order chi connectivity index (χ1) is 10.5. The minimum absolute atomic E-state index is 0.109. The highest BCUT2D eigenvalue weighted by atomic mass is 35.5. The number of hydrogen-bond acceptors (Lipinski definition) is 4. The summed E-state index contributed by atoms with van der Waals surface area (Å²) in [6.45, 7) is 9.24. The van der Waals surface area contributed by atoms with Crippen molar-refractivity contribution in [1.82, 2.24) is 9.55 Å². The third-order valence-electron chi connectivity index (χ3n) is 3.40. The third kappa shape index (κ3) is 3.59. The monoisotopic (exact) mass is 353 g/mol. The lowest BCUT2D eigenvalue weighted by atomic mass is 10.0. The topological polar surface area (TPSA) is 70.3 Å². The van der Waals surface area contributed by atoms with Crippen LogP contribution in [0.15, 0.2) is 21.3 Å². The van der Waals surface area contributed by atoms with Gasteiger partial charge in [0.25, 0.3) is 5.56 Å². The van der Waals surface area contributed by atoms with Crippen LogP contribution in [-0.4, -0.2) is 24.6 Å². The Kier molecular flexibility index (Phi) is 4.89. The van der Waals surface area contributed by atoms with E-state index >= 15 is 0 Å². The van der Waals surface area contributed by atoms with Crippen molar-refractivity contribution in [2.75, 3.05) is 0 Å². The van der Waals surface area contributed by atoms with Gasteiger partial charge in [-0.05, 0) is 63.9 Å². The van der Waals surface area contributed by atoms with Gasteiger partial charge < -0.3 is 4.55 Å². The quantitative estimate of drug-likeness (QED) is 0.473. The lowest BCUT2D eigenvalue weighted by Crippen LogP contribution is -2.27. The van der Waals surface area contributed by atoms with Gasteiger partial charge in [0.15, 0.2) is 0 Å². The van der Waals surface area contributed by atoms with Crippen LogP contribution in [0.4, 0.5) is 0 Å². The zero-order valence-corrected chi connectivity index (χ0v) is 15.7. The van der Waals surface area contributed by atoms with Crippen LogP contribution in [0.3, 0.4) is 0 Å². The minimum Gasteiger partial charge on any atom is -0.591 e. The molecular formula is C16H20ClN3O2S. The van der Waals surface area contributed by atoms with E-state index in [-0.39, 0.29) is 10.8 Å². The van der Waals surface area contributed by atoms with Crippen molar-refractivity contribution >= 4 is 39.6 Å². The van der Waals surface area contributed by atoms with Crippen LogP contribution >= 0.6 is 11.6 Å². The Bertz CT molecular complexity index is 853. The van der Waals surface area contributed by atoms with Crippen molar-refractivity contribution in [3.8, 4) is 0 Å². The van der Waals surface area contributed by atoms with Crippen LogP contribution in [0.25, 0.3) is 10.9 Å². The Labute approximate surface area is 143 Å². The van der Waals surface area contributed by atoms with Crippen LogP contribution in [0.5, 0.6) is 0 Å². The zero-order valence-electron chi connectivity index (χ0n) is 14.1. The number of fused-ring (bicyclic) bond motifs is 1. The summed E-state index contributed by atoms with van der Waals surface area (Å²) < 4.78 is 17.4. The molecule has 5 nitrogen and oxygen atoms in total. The van der Waals surface area contributed by atoms with E-state index in [0.29, 0.717) is 22.2 Å². The standard InChI is InChI=1S/C16H20ClN3O2S/c1-9-7-11(10(2)19-23(22)16(3,4)5)13-12(8-9)14(21)20(6)15(17)18-13/h7-8H,1-6H3. The van der Waals surface area contributed by atoms with Crippen LogP contribution in [0, 0.1) is 6.92 Å². The lowest BCUT2D eigenvalue weighted by Gasteiger charge is -2.19. The Morgan fingerprint density at radius 3 is 2.57 bits per heavy atom. The zero-order chi connectivity index (χ0) is 17.5. The summed E-state index contributed by atoms with van der Waals surface area (Å²) in [6.07, 6.45) is 0. The van der Waals surface area contributed by atoms with E-state index in [1.165, 1.54) is 4.57 Å². The molecule has 1 heterocycles. The fraction of sp³-hybridized carbons (Fsp3) is 0.438. The summed E-state index contributed by atoms with van der Waals surface area (Å²) in [5.74, 6) is 0. The van der Waals surface area contributed by atoms with Gasteiger partial charge in [-0.2, -0.15) is 0 Å². The molecule has 0 N–H and O–H groups in total. The number of nitrogens with zero attached hydrogens (tertiary/aromatic N) is 3. The number of halogens is 1. The van der Waals surface area contributed by atoms with Gasteiger partial charge >= 0.3 is 0 Å². The molecule has 0 bridgehead atoms. The predicted molar refractivity (Wildman–Crippen MR) is 96.8 cm³/mol. The van der Waals surface area contributed by atoms with Gasteiger partial charge in [0.05, 0.1) is 16.6 Å². The van der Waals surface area contributed by atoms with Crippen molar-refractivity contribution in [2.45, 2.75) is 39.4 Å². The second kappa shape index (κ2) is 6.26. The van der Waals surface area contributed by atoms with Gasteiger partial charge in [-0.15, -0.1) is 0 Å². The SMILES string of the molecule is CC(=N[S+]([O-])C(C)(C)C)c1cc(C)cc2c(=O)n(C)c(Cl)nc12. The van der Waals surface area contributed by atoms with E-state index in [1.54, 1.807) is 20.0 Å². The smallest absolute Gasteiger partial charge is 0.262 e. The van der Waals surface area contributed by atoms with Gasteiger partial charge in [-0.3, -0.25) is 9.36 Å². The van der Waals surface area contributed by atoms with Gasteiger partial charge in [0.2, 0.25) is 5.28 Å². The van der Waals surface area contributed by atoms with Crippen LogP contribution in [0.2, 0.25) is 5.28 Å². The largest absolute Gasteiger partial charge is 0.591 e. The lowest BCUT2D eigenvalue weighted by molar-refractivity contribution is 0.561. The summed E-state index contributed by atoms with van der Waals surface area (Å²) in [6, 6.07) is 3.66. The van der Waals surface area contributed by atoms with E-state index in [0.717, 1.165) is 5.56 Å². The van der Waals surface area contributed by atoms with Crippen molar-refractivity contribution in [3.63, 3.8) is 0 Å². The first-order valence-corrected chi connectivity index (χ1v) is 8.65. The average molecular weight is 354 g/mol. The number of aromatic nitrogens is 2. The number of rotatable bonds is 2. The van der Waals surface area contributed by atoms with Gasteiger partial charge in [0, 0.05) is 12.6 Å². The first-order valence-electron chi connectivity index (χ1n) is 7.17. The van der Waals surface area contributed by atoms with Gasteiger partial charge in [0.1, 0.15) is 16.1 Å². The minimum atomic E-state index is -1.39. The van der Waals surface area contributed by atoms with E-state index < -0.39 is 16.1 Å². The molecule has 2 aromatic rings. The second-order valence-corrected chi connectivity index (χ2v) is 8.74. The molecular weight excluding hydrogens is 334 g/mol. The van der Waals surface area contributed by atoms with Crippen LogP contribution in [-0.2, 0) is 18.4 Å². The average Bonchev–Trinajstić information content (AvgIpc) is 2.44. The highest BCUT2D eigenvalue weighted by Crippen LogP contribution is 2.22. The Balaban J connectivity index is 2.75. The molecule has 0 aliphatic carbocycles. The van der Waals surface area contributed by atoms with E-state index in [1.807, 2.05) is 33.8 Å². The van der Waals surface area contributed by atoms with Crippen LogP contribution in [0.1, 0.15) is 38.8 Å². The molecule has 0 spiro atoms. The molecule has 1 unspecified atom stereocenters. The fourth-order valence-electron chi connectivity index (χ4n) is 2.08. The molecule has 1 aromatic heterocycles. The summed E-state index contributed by atoms with van der Waals surface area (Å²) in [5.41, 5.74) is 2.43. The predicted octanol–water partition coefficient (Wildman–Crippen LogP) is 3.17. The molecule has 1 aromatic carbocycles. The first kappa shape index (κ1) is 18.0. The molecule has 0 saturated carbocycles. The van der Waals surface area contributed by atoms with Crippen LogP contribution < -0.4 is 5.56 Å². The highest BCUT2D eigenvalue weighted by Gasteiger charge is 2.27. The molecule has 2 rings (SSSR count). The molecule has 0 saturated heterocycles. The highest BCUT2D eigenvalue weighted by molar-refractivity contribution is 7.91. The molecule has 1 atom stereocenters. The number of aryl methyl sites for hydroxylation is 1. The molecule has 0 amide bonds.